The molecular formula is C14H30. The van der Waals surface area contributed by atoms with Crippen molar-refractivity contribution < 1.29 is 2.85 Å². The third-order valence-electron chi connectivity index (χ3n) is 4.79. The fraction of sp³-hybridized carbons (Fsp3) is 1.00. The molecule has 0 bridgehead atoms. The van der Waals surface area contributed by atoms with Crippen molar-refractivity contribution >= 4 is 0 Å². The molecule has 0 aromatic heterocycles. The van der Waals surface area contributed by atoms with Crippen LogP contribution >= 0.6 is 0 Å². The van der Waals surface area contributed by atoms with Crippen LogP contribution in [0.3, 0.4) is 0 Å². The average molecular weight is 198 g/mol. The Labute approximate surface area is 92.4 Å². The van der Waals surface area contributed by atoms with Crippen LogP contribution in [0.1, 0.15) is 68.1 Å². The molecule has 2 rings (SSSR count). The number of hydrogen-bond donors (Lipinski definition) is 0. The molecule has 0 unspecified atom stereocenters. The van der Waals surface area contributed by atoms with Gasteiger partial charge in [0.1, 0.15) is 0 Å². The lowest BCUT2D eigenvalue weighted by molar-refractivity contribution is 0.155. The molecule has 0 spiro atoms. The minimum Gasteiger partial charge on any atom is -0.0625 e. The van der Waals surface area contributed by atoms with Gasteiger partial charge in [0.2, 0.25) is 0 Å². The standard InChI is InChI=1S/C14H26.2H2/c1-11-3-7-13(8-4-11)14-9-5-12(2)6-10-14;;/h11-14H,3-10H2,1-2H3;2*1H. The van der Waals surface area contributed by atoms with Gasteiger partial charge in [-0.2, -0.15) is 0 Å². The van der Waals surface area contributed by atoms with Crippen LogP contribution in [0.2, 0.25) is 0 Å². The highest BCUT2D eigenvalue weighted by Gasteiger charge is 2.28. The fourth-order valence-electron chi connectivity index (χ4n) is 3.51. The second kappa shape index (κ2) is 4.68. The molecule has 0 aromatic carbocycles. The molecule has 0 heteroatoms. The van der Waals surface area contributed by atoms with Gasteiger partial charge in [0.05, 0.1) is 0 Å². The van der Waals surface area contributed by atoms with E-state index in [0.717, 1.165) is 23.7 Å². The Morgan fingerprint density at radius 2 is 0.857 bits per heavy atom. The molecule has 2 saturated carbocycles. The third kappa shape index (κ3) is 2.52. The molecule has 2 aliphatic carbocycles. The van der Waals surface area contributed by atoms with Crippen LogP contribution < -0.4 is 0 Å². The highest BCUT2D eigenvalue weighted by atomic mass is 14.3. The molecular weight excluding hydrogens is 168 g/mol. The zero-order chi connectivity index (χ0) is 9.97. The molecule has 0 saturated heterocycles. The molecule has 0 nitrogen and oxygen atoms in total. The van der Waals surface area contributed by atoms with E-state index < -0.39 is 0 Å². The van der Waals surface area contributed by atoms with E-state index in [4.69, 9.17) is 0 Å². The Kier molecular flexibility index (Phi) is 3.52. The van der Waals surface area contributed by atoms with E-state index in [1.807, 2.05) is 0 Å². The summed E-state index contributed by atoms with van der Waals surface area (Å²) < 4.78 is 0. The first-order chi connectivity index (χ1) is 6.75. The number of rotatable bonds is 1. The summed E-state index contributed by atoms with van der Waals surface area (Å²) in [4.78, 5) is 0. The van der Waals surface area contributed by atoms with Gasteiger partial charge >= 0.3 is 0 Å². The first kappa shape index (κ1) is 10.5. The molecule has 2 aliphatic rings. The fourth-order valence-corrected chi connectivity index (χ4v) is 3.51. The molecule has 0 N–H and O–H groups in total. The largest absolute Gasteiger partial charge is 0.0625 e. The Morgan fingerprint density at radius 3 is 1.14 bits per heavy atom. The minimum absolute atomic E-state index is 0. The average Bonchev–Trinajstić information content (AvgIpc) is 2.21. The molecule has 14 heavy (non-hydrogen) atoms. The SMILES string of the molecule is CC1CCC(C2CCC(C)CC2)CC1.[HH].[HH]. The van der Waals surface area contributed by atoms with Crippen LogP contribution in [0.5, 0.6) is 0 Å². The van der Waals surface area contributed by atoms with Gasteiger partial charge in [0.15, 0.2) is 0 Å². The molecule has 2 fully saturated rings. The van der Waals surface area contributed by atoms with Crippen LogP contribution in [-0.2, 0) is 0 Å². The second-order valence-corrected chi connectivity index (χ2v) is 6.04. The highest BCUT2D eigenvalue weighted by molar-refractivity contribution is 4.80. The first-order valence-corrected chi connectivity index (χ1v) is 6.75. The van der Waals surface area contributed by atoms with Gasteiger partial charge in [0.25, 0.3) is 0 Å². The van der Waals surface area contributed by atoms with E-state index in [9.17, 15) is 0 Å². The van der Waals surface area contributed by atoms with E-state index in [0.29, 0.717) is 0 Å². The summed E-state index contributed by atoms with van der Waals surface area (Å²) in [5, 5.41) is 0. The van der Waals surface area contributed by atoms with Crippen molar-refractivity contribution in [3.05, 3.63) is 0 Å². The summed E-state index contributed by atoms with van der Waals surface area (Å²) >= 11 is 0. The van der Waals surface area contributed by atoms with E-state index in [-0.39, 0.29) is 2.85 Å². The van der Waals surface area contributed by atoms with Gasteiger partial charge in [-0.15, -0.1) is 0 Å². The van der Waals surface area contributed by atoms with E-state index in [1.54, 1.807) is 25.7 Å². The summed E-state index contributed by atoms with van der Waals surface area (Å²) in [5.41, 5.74) is 0. The van der Waals surface area contributed by atoms with Crippen molar-refractivity contribution in [1.82, 2.24) is 0 Å². The van der Waals surface area contributed by atoms with Crippen LogP contribution in [0.25, 0.3) is 0 Å². The second-order valence-electron chi connectivity index (χ2n) is 6.04. The van der Waals surface area contributed by atoms with Crippen molar-refractivity contribution in [3.8, 4) is 0 Å². The molecule has 86 valence electrons. The van der Waals surface area contributed by atoms with Crippen LogP contribution in [0.15, 0.2) is 0 Å². The van der Waals surface area contributed by atoms with Gasteiger partial charge in [-0.3, -0.25) is 0 Å². The quantitative estimate of drug-likeness (QED) is 0.548. The van der Waals surface area contributed by atoms with Gasteiger partial charge in [0, 0.05) is 2.85 Å². The highest BCUT2D eigenvalue weighted by Crippen LogP contribution is 2.40. The van der Waals surface area contributed by atoms with Gasteiger partial charge in [-0.1, -0.05) is 39.5 Å². The summed E-state index contributed by atoms with van der Waals surface area (Å²) in [6.07, 6.45) is 12.2. The van der Waals surface area contributed by atoms with Crippen molar-refractivity contribution in [1.29, 1.82) is 0 Å². The maximum absolute atomic E-state index is 2.43. The summed E-state index contributed by atoms with van der Waals surface area (Å²) in [6.45, 7) is 4.86. The minimum atomic E-state index is 0. The first-order valence-electron chi connectivity index (χ1n) is 6.75. The van der Waals surface area contributed by atoms with Gasteiger partial charge in [-0.25, -0.2) is 0 Å². The van der Waals surface area contributed by atoms with E-state index in [1.165, 1.54) is 25.7 Å². The molecule has 0 radical (unpaired) electrons. The van der Waals surface area contributed by atoms with Crippen molar-refractivity contribution in [2.24, 2.45) is 23.7 Å². The molecule has 0 atom stereocenters. The Hall–Kier alpha value is 0. The maximum Gasteiger partial charge on any atom is 0 e. The van der Waals surface area contributed by atoms with Crippen LogP contribution in [-0.4, -0.2) is 0 Å². The Balaban J connectivity index is 0.00000112. The zero-order valence-electron chi connectivity index (χ0n) is 9.97. The summed E-state index contributed by atoms with van der Waals surface area (Å²) in [7, 11) is 0. The van der Waals surface area contributed by atoms with Crippen molar-refractivity contribution in [2.75, 3.05) is 0 Å². The third-order valence-corrected chi connectivity index (χ3v) is 4.79. The summed E-state index contributed by atoms with van der Waals surface area (Å²) in [6, 6.07) is 0. The maximum atomic E-state index is 2.43. The number of hydrogen-bond acceptors (Lipinski definition) is 0. The molecule has 0 amide bonds. The smallest absolute Gasteiger partial charge is 0 e. The van der Waals surface area contributed by atoms with E-state index >= 15 is 0 Å². The van der Waals surface area contributed by atoms with Crippen LogP contribution in [0, 0.1) is 23.7 Å². The van der Waals surface area contributed by atoms with E-state index in [2.05, 4.69) is 13.8 Å². The van der Waals surface area contributed by atoms with Gasteiger partial charge < -0.3 is 0 Å². The predicted molar refractivity (Wildman–Crippen MR) is 66.5 cm³/mol. The molecule has 0 aliphatic heterocycles. The van der Waals surface area contributed by atoms with Crippen molar-refractivity contribution in [2.45, 2.75) is 65.2 Å². The Bertz CT molecular complexity index is 146. The monoisotopic (exact) mass is 198 g/mol. The lowest BCUT2D eigenvalue weighted by atomic mass is 9.70. The lowest BCUT2D eigenvalue weighted by Crippen LogP contribution is -2.24. The summed E-state index contributed by atoms with van der Waals surface area (Å²) in [5.74, 6) is 4.26. The topological polar surface area (TPSA) is 0 Å². The predicted octanol–water partition coefficient (Wildman–Crippen LogP) is 5.13. The zero-order valence-corrected chi connectivity index (χ0v) is 9.97. The molecule has 0 heterocycles. The van der Waals surface area contributed by atoms with Crippen LogP contribution in [0.4, 0.5) is 0 Å². The van der Waals surface area contributed by atoms with Crippen molar-refractivity contribution in [3.63, 3.8) is 0 Å². The normalized spacial score (nSPS) is 45.0. The Morgan fingerprint density at radius 1 is 0.571 bits per heavy atom. The lowest BCUT2D eigenvalue weighted by Gasteiger charge is -2.36. The molecule has 0 aromatic rings. The van der Waals surface area contributed by atoms with Gasteiger partial charge in [-0.05, 0) is 49.4 Å².